The van der Waals surface area contributed by atoms with Crippen LogP contribution < -0.4 is 10.6 Å². The number of nitrogens with one attached hydrogen (secondary N) is 2. The molecule has 1 aliphatic carbocycles. The summed E-state index contributed by atoms with van der Waals surface area (Å²) in [4.78, 5) is 16.9. The van der Waals surface area contributed by atoms with E-state index in [1.807, 2.05) is 13.8 Å². The summed E-state index contributed by atoms with van der Waals surface area (Å²) in [7, 11) is 0. The molecule has 1 aromatic heterocycles. The SMILES string of the molecule is CC(C)c1noc([C@@H](NC(=O)NCCC2=CCCC2)C2CCOCC2)n1. The molecule has 0 radical (unpaired) electrons. The molecule has 0 aromatic carbocycles. The van der Waals surface area contributed by atoms with Gasteiger partial charge < -0.3 is 19.9 Å². The second-order valence-corrected chi connectivity index (χ2v) is 7.48. The maximum atomic E-state index is 12.4. The van der Waals surface area contributed by atoms with Crippen molar-refractivity contribution in [1.82, 2.24) is 20.8 Å². The molecular formula is C19H30N4O3. The fourth-order valence-corrected chi connectivity index (χ4v) is 3.53. The van der Waals surface area contributed by atoms with Gasteiger partial charge in [-0.15, -0.1) is 0 Å². The quantitative estimate of drug-likeness (QED) is 0.725. The van der Waals surface area contributed by atoms with E-state index >= 15 is 0 Å². The molecule has 0 unspecified atom stereocenters. The molecule has 2 N–H and O–H groups in total. The van der Waals surface area contributed by atoms with E-state index in [9.17, 15) is 4.79 Å². The lowest BCUT2D eigenvalue weighted by atomic mass is 9.91. The molecule has 1 saturated heterocycles. The van der Waals surface area contributed by atoms with E-state index in [4.69, 9.17) is 9.26 Å². The fourth-order valence-electron chi connectivity index (χ4n) is 3.53. The van der Waals surface area contributed by atoms with Crippen LogP contribution in [0.1, 0.15) is 76.0 Å². The van der Waals surface area contributed by atoms with E-state index in [0.29, 0.717) is 31.5 Å². The Morgan fingerprint density at radius 2 is 2.15 bits per heavy atom. The van der Waals surface area contributed by atoms with Gasteiger partial charge in [0.15, 0.2) is 5.82 Å². The molecule has 1 aliphatic heterocycles. The standard InChI is InChI=1S/C19H30N4O3/c1-13(2)17-22-18(26-23-17)16(15-8-11-25-12-9-15)21-19(24)20-10-7-14-5-3-4-6-14/h5,13,15-16H,3-4,6-12H2,1-2H3,(H2,20,21,24)/t16-/m0/s1. The Morgan fingerprint density at radius 1 is 1.35 bits per heavy atom. The van der Waals surface area contributed by atoms with Gasteiger partial charge in [0.05, 0.1) is 0 Å². The maximum Gasteiger partial charge on any atom is 0.315 e. The molecule has 2 heterocycles. The van der Waals surface area contributed by atoms with Crippen LogP contribution in [0, 0.1) is 5.92 Å². The molecule has 0 spiro atoms. The smallest absolute Gasteiger partial charge is 0.315 e. The summed E-state index contributed by atoms with van der Waals surface area (Å²) in [5.74, 6) is 1.60. The van der Waals surface area contributed by atoms with Gasteiger partial charge in [0, 0.05) is 25.7 Å². The maximum absolute atomic E-state index is 12.4. The highest BCUT2D eigenvalue weighted by atomic mass is 16.5. The first-order valence-corrected chi connectivity index (χ1v) is 9.77. The average molecular weight is 362 g/mol. The van der Waals surface area contributed by atoms with Gasteiger partial charge in [0.1, 0.15) is 6.04 Å². The number of amides is 2. The molecule has 2 amide bonds. The predicted molar refractivity (Wildman–Crippen MR) is 97.8 cm³/mol. The van der Waals surface area contributed by atoms with E-state index in [-0.39, 0.29) is 23.9 Å². The van der Waals surface area contributed by atoms with Crippen molar-refractivity contribution in [3.63, 3.8) is 0 Å². The van der Waals surface area contributed by atoms with Gasteiger partial charge in [-0.25, -0.2) is 4.79 Å². The Balaban J connectivity index is 1.59. The molecule has 1 fully saturated rings. The zero-order valence-electron chi connectivity index (χ0n) is 15.8. The van der Waals surface area contributed by atoms with E-state index < -0.39 is 0 Å². The minimum atomic E-state index is -0.274. The number of rotatable bonds is 7. The topological polar surface area (TPSA) is 89.3 Å². The number of nitrogens with zero attached hydrogens (tertiary/aromatic N) is 2. The molecule has 3 rings (SSSR count). The second-order valence-electron chi connectivity index (χ2n) is 7.48. The summed E-state index contributed by atoms with van der Waals surface area (Å²) in [6.45, 7) is 6.10. The van der Waals surface area contributed by atoms with Crippen LogP contribution in [0.4, 0.5) is 4.79 Å². The van der Waals surface area contributed by atoms with Crippen molar-refractivity contribution >= 4 is 6.03 Å². The van der Waals surface area contributed by atoms with Gasteiger partial charge in [-0.3, -0.25) is 0 Å². The monoisotopic (exact) mass is 362 g/mol. The second kappa shape index (κ2) is 9.16. The van der Waals surface area contributed by atoms with Crippen molar-refractivity contribution < 1.29 is 14.1 Å². The van der Waals surface area contributed by atoms with E-state index in [1.165, 1.54) is 18.4 Å². The molecule has 7 heteroatoms. The fraction of sp³-hybridized carbons (Fsp3) is 0.737. The first-order chi connectivity index (χ1) is 12.6. The van der Waals surface area contributed by atoms with Crippen molar-refractivity contribution in [2.24, 2.45) is 5.92 Å². The largest absolute Gasteiger partial charge is 0.381 e. The predicted octanol–water partition coefficient (Wildman–Crippen LogP) is 3.46. The normalized spacial score (nSPS) is 19.4. The highest BCUT2D eigenvalue weighted by molar-refractivity contribution is 5.74. The lowest BCUT2D eigenvalue weighted by Crippen LogP contribution is -2.42. The molecular weight excluding hydrogens is 332 g/mol. The average Bonchev–Trinajstić information content (AvgIpc) is 3.32. The molecule has 1 atom stereocenters. The van der Waals surface area contributed by atoms with Crippen LogP contribution in [-0.4, -0.2) is 35.9 Å². The Bertz CT molecular complexity index is 620. The van der Waals surface area contributed by atoms with Crippen LogP contribution in [0.2, 0.25) is 0 Å². The van der Waals surface area contributed by atoms with Crippen LogP contribution in [-0.2, 0) is 4.74 Å². The van der Waals surface area contributed by atoms with Crippen molar-refractivity contribution in [3.8, 4) is 0 Å². The van der Waals surface area contributed by atoms with Gasteiger partial charge in [-0.05, 0) is 44.4 Å². The lowest BCUT2D eigenvalue weighted by molar-refractivity contribution is 0.0503. The van der Waals surface area contributed by atoms with E-state index in [0.717, 1.165) is 25.7 Å². The number of hydrogen-bond donors (Lipinski definition) is 2. The molecule has 144 valence electrons. The van der Waals surface area contributed by atoms with Gasteiger partial charge in [0.2, 0.25) is 5.89 Å². The van der Waals surface area contributed by atoms with Crippen molar-refractivity contribution in [2.45, 2.75) is 64.3 Å². The van der Waals surface area contributed by atoms with E-state index in [1.54, 1.807) is 0 Å². The third-order valence-corrected chi connectivity index (χ3v) is 5.13. The summed E-state index contributed by atoms with van der Waals surface area (Å²) in [6, 6.07) is -0.450. The Hall–Kier alpha value is -1.89. The molecule has 1 aromatic rings. The Labute approximate surface area is 154 Å². The first-order valence-electron chi connectivity index (χ1n) is 9.77. The van der Waals surface area contributed by atoms with Gasteiger partial charge in [0.25, 0.3) is 0 Å². The minimum Gasteiger partial charge on any atom is -0.381 e. The number of ether oxygens (including phenoxy) is 1. The zero-order chi connectivity index (χ0) is 18.4. The third kappa shape index (κ3) is 5.06. The first kappa shape index (κ1) is 18.9. The van der Waals surface area contributed by atoms with Crippen molar-refractivity contribution in [3.05, 3.63) is 23.4 Å². The van der Waals surface area contributed by atoms with Crippen LogP contribution in [0.25, 0.3) is 0 Å². The van der Waals surface area contributed by atoms with Crippen LogP contribution in [0.15, 0.2) is 16.2 Å². The summed E-state index contributed by atoms with van der Waals surface area (Å²) in [6.07, 6.45) is 8.53. The Morgan fingerprint density at radius 3 is 2.81 bits per heavy atom. The summed E-state index contributed by atoms with van der Waals surface area (Å²) >= 11 is 0. The molecule has 0 saturated carbocycles. The number of carbonyl (C=O) groups excluding carboxylic acids is 1. The van der Waals surface area contributed by atoms with E-state index in [2.05, 4.69) is 26.9 Å². The van der Waals surface area contributed by atoms with Crippen molar-refractivity contribution in [2.75, 3.05) is 19.8 Å². The van der Waals surface area contributed by atoms with Crippen LogP contribution in [0.5, 0.6) is 0 Å². The molecule has 0 bridgehead atoms. The highest BCUT2D eigenvalue weighted by Gasteiger charge is 2.31. The zero-order valence-corrected chi connectivity index (χ0v) is 15.8. The minimum absolute atomic E-state index is 0.176. The third-order valence-electron chi connectivity index (χ3n) is 5.13. The van der Waals surface area contributed by atoms with Crippen LogP contribution in [0.3, 0.4) is 0 Å². The number of hydrogen-bond acceptors (Lipinski definition) is 5. The molecule has 2 aliphatic rings. The summed E-state index contributed by atoms with van der Waals surface area (Å²) in [5, 5.41) is 10.1. The number of carbonyl (C=O) groups is 1. The number of allylic oxidation sites excluding steroid dienone is 1. The van der Waals surface area contributed by atoms with Crippen LogP contribution >= 0.6 is 0 Å². The van der Waals surface area contributed by atoms with Gasteiger partial charge in [-0.1, -0.05) is 30.7 Å². The Kier molecular flexibility index (Phi) is 6.66. The molecule has 26 heavy (non-hydrogen) atoms. The summed E-state index contributed by atoms with van der Waals surface area (Å²) < 4.78 is 10.9. The number of urea groups is 1. The lowest BCUT2D eigenvalue weighted by Gasteiger charge is -2.28. The molecule has 7 nitrogen and oxygen atoms in total. The highest BCUT2D eigenvalue weighted by Crippen LogP contribution is 2.30. The van der Waals surface area contributed by atoms with Gasteiger partial charge in [-0.2, -0.15) is 4.98 Å². The number of aromatic nitrogens is 2. The van der Waals surface area contributed by atoms with Gasteiger partial charge >= 0.3 is 6.03 Å². The summed E-state index contributed by atoms with van der Waals surface area (Å²) in [5.41, 5.74) is 1.45. The van der Waals surface area contributed by atoms with Crippen molar-refractivity contribution in [1.29, 1.82) is 0 Å².